The van der Waals surface area contributed by atoms with E-state index >= 15 is 0 Å². The first-order valence-electron chi connectivity index (χ1n) is 11.3. The van der Waals surface area contributed by atoms with Crippen molar-refractivity contribution in [2.24, 2.45) is 0 Å². The van der Waals surface area contributed by atoms with Gasteiger partial charge in [-0.15, -0.1) is 0 Å². The number of H-pyrrole nitrogens is 1. The van der Waals surface area contributed by atoms with Crippen LogP contribution >= 0.6 is 0 Å². The molecule has 1 atom stereocenters. The summed E-state index contributed by atoms with van der Waals surface area (Å²) in [6, 6.07) is 11.4. The van der Waals surface area contributed by atoms with E-state index in [-0.39, 0.29) is 6.61 Å². The van der Waals surface area contributed by atoms with Gasteiger partial charge in [-0.05, 0) is 56.3 Å². The molecule has 2 aromatic carbocycles. The molecule has 0 saturated carbocycles. The van der Waals surface area contributed by atoms with Gasteiger partial charge in [0.25, 0.3) is 0 Å². The molecule has 8 heteroatoms. The number of aromatic amines is 1. The van der Waals surface area contributed by atoms with E-state index in [1.165, 1.54) is 25.6 Å². The third-order valence-electron chi connectivity index (χ3n) is 5.97. The molecule has 1 saturated heterocycles. The molecule has 33 heavy (non-hydrogen) atoms. The predicted molar refractivity (Wildman–Crippen MR) is 126 cm³/mol. The van der Waals surface area contributed by atoms with Gasteiger partial charge in [0.05, 0.1) is 18.0 Å². The molecule has 1 aliphatic heterocycles. The summed E-state index contributed by atoms with van der Waals surface area (Å²) in [5.41, 5.74) is 1.71. The Morgan fingerprint density at radius 3 is 2.79 bits per heavy atom. The normalized spacial score (nSPS) is 15.6. The Morgan fingerprint density at radius 2 is 1.94 bits per heavy atom. The Balaban J connectivity index is 1.34. The number of β-amino-alcohol motifs (C(OH)–C–C–N with tert-alkyl or cyclic N) is 1. The van der Waals surface area contributed by atoms with Crippen molar-refractivity contribution in [3.8, 4) is 23.1 Å². The molecule has 0 spiro atoms. The Hall–Kier alpha value is -3.36. The lowest BCUT2D eigenvalue weighted by molar-refractivity contribution is 0.0609. The molecule has 0 amide bonds. The molecule has 172 valence electrons. The highest BCUT2D eigenvalue weighted by Gasteiger charge is 2.17. The van der Waals surface area contributed by atoms with E-state index in [9.17, 15) is 5.11 Å². The summed E-state index contributed by atoms with van der Waals surface area (Å²) in [4.78, 5) is 14.2. The zero-order valence-electron chi connectivity index (χ0n) is 18.7. The average Bonchev–Trinajstić information content (AvgIpc) is 3.31. The number of nitrogens with one attached hydrogen (secondary N) is 1. The monoisotopic (exact) mass is 448 g/mol. The number of aromatic nitrogens is 3. The van der Waals surface area contributed by atoms with Crippen LogP contribution in [0.4, 0.5) is 0 Å². The topological polar surface area (TPSA) is 92.7 Å². The predicted octanol–water partition coefficient (Wildman–Crippen LogP) is 4.14. The number of fused-ring (bicyclic) bond motifs is 2. The largest absolute Gasteiger partial charge is 0.493 e. The molecule has 0 radical (unpaired) electrons. The van der Waals surface area contributed by atoms with Crippen molar-refractivity contribution in [3.63, 3.8) is 0 Å². The number of aliphatic hydroxyl groups excluding tert-OH is 1. The first-order valence-corrected chi connectivity index (χ1v) is 11.3. The second kappa shape index (κ2) is 9.64. The molecule has 0 bridgehead atoms. The highest BCUT2D eigenvalue weighted by atomic mass is 16.5. The molecule has 0 unspecified atom stereocenters. The standard InChI is InChI=1S/C25H28N4O4/c1-31-23-12-20-22(13-24(23)32-15-18(30)14-29-9-3-2-4-10-29)27-16-28-25(20)33-19-5-6-21-17(11-19)7-8-26-21/h5-8,11-13,16,18,26,30H,2-4,9-10,14-15H2,1H3/t18-/m0/s1. The zero-order chi connectivity index (χ0) is 22.6. The van der Waals surface area contributed by atoms with Crippen LogP contribution in [0, 0.1) is 0 Å². The SMILES string of the molecule is COc1cc2c(Oc3ccc4[nH]ccc4c3)ncnc2cc1OC[C@@H](O)CN1CCCCC1. The van der Waals surface area contributed by atoms with Gasteiger partial charge in [-0.3, -0.25) is 0 Å². The maximum atomic E-state index is 10.5. The third-order valence-corrected chi connectivity index (χ3v) is 5.97. The lowest BCUT2D eigenvalue weighted by atomic mass is 10.1. The Bertz CT molecular complexity index is 1240. The van der Waals surface area contributed by atoms with Crippen molar-refractivity contribution in [3.05, 3.63) is 48.9 Å². The maximum absolute atomic E-state index is 10.5. The fraction of sp³-hybridized carbons (Fsp3) is 0.360. The molecule has 3 heterocycles. The molecule has 1 aliphatic rings. The smallest absolute Gasteiger partial charge is 0.230 e. The fourth-order valence-electron chi connectivity index (χ4n) is 4.28. The molecule has 2 N–H and O–H groups in total. The summed E-state index contributed by atoms with van der Waals surface area (Å²) in [6.07, 6.45) is 6.44. The Labute approximate surface area is 192 Å². The van der Waals surface area contributed by atoms with Crippen LogP contribution in [0.5, 0.6) is 23.1 Å². The lowest BCUT2D eigenvalue weighted by Gasteiger charge is -2.28. The van der Waals surface area contributed by atoms with Crippen molar-refractivity contribution in [2.75, 3.05) is 33.4 Å². The van der Waals surface area contributed by atoms with Crippen LogP contribution in [-0.2, 0) is 0 Å². The number of nitrogens with zero attached hydrogens (tertiary/aromatic N) is 3. The van der Waals surface area contributed by atoms with Gasteiger partial charge in [-0.1, -0.05) is 6.42 Å². The van der Waals surface area contributed by atoms with Gasteiger partial charge in [0.2, 0.25) is 5.88 Å². The minimum absolute atomic E-state index is 0.184. The lowest BCUT2D eigenvalue weighted by Crippen LogP contribution is -2.38. The zero-order valence-corrected chi connectivity index (χ0v) is 18.7. The van der Waals surface area contributed by atoms with Gasteiger partial charge >= 0.3 is 0 Å². The van der Waals surface area contributed by atoms with Crippen LogP contribution in [-0.4, -0.2) is 64.4 Å². The number of ether oxygens (including phenoxy) is 3. The second-order valence-electron chi connectivity index (χ2n) is 8.35. The molecule has 4 aromatic rings. The van der Waals surface area contributed by atoms with Crippen LogP contribution in [0.1, 0.15) is 19.3 Å². The van der Waals surface area contributed by atoms with Gasteiger partial charge < -0.3 is 29.2 Å². The van der Waals surface area contributed by atoms with Crippen molar-refractivity contribution in [2.45, 2.75) is 25.4 Å². The van der Waals surface area contributed by atoms with E-state index in [1.807, 2.05) is 36.5 Å². The van der Waals surface area contributed by atoms with E-state index in [2.05, 4.69) is 19.9 Å². The van der Waals surface area contributed by atoms with Crippen molar-refractivity contribution in [1.82, 2.24) is 19.9 Å². The number of likely N-dealkylation sites (tertiary alicyclic amines) is 1. The van der Waals surface area contributed by atoms with Crippen LogP contribution in [0.25, 0.3) is 21.8 Å². The van der Waals surface area contributed by atoms with Crippen molar-refractivity contribution < 1.29 is 19.3 Å². The Morgan fingerprint density at radius 1 is 1.06 bits per heavy atom. The molecule has 1 fully saturated rings. The summed E-state index contributed by atoms with van der Waals surface area (Å²) in [5.74, 6) is 2.18. The molecule has 2 aromatic heterocycles. The molecule has 8 nitrogen and oxygen atoms in total. The van der Waals surface area contributed by atoms with Gasteiger partial charge in [-0.25, -0.2) is 9.97 Å². The summed E-state index contributed by atoms with van der Waals surface area (Å²) < 4.78 is 17.6. The Kier molecular flexibility index (Phi) is 6.28. The van der Waals surface area contributed by atoms with Gasteiger partial charge in [0.15, 0.2) is 11.5 Å². The maximum Gasteiger partial charge on any atom is 0.230 e. The average molecular weight is 449 g/mol. The van der Waals surface area contributed by atoms with Crippen LogP contribution < -0.4 is 14.2 Å². The van der Waals surface area contributed by atoms with Gasteiger partial charge in [0, 0.05) is 29.7 Å². The third kappa shape index (κ3) is 4.86. The number of aliphatic hydroxyl groups is 1. The quantitative estimate of drug-likeness (QED) is 0.418. The van der Waals surface area contributed by atoms with Crippen LogP contribution in [0.15, 0.2) is 48.9 Å². The minimum atomic E-state index is -0.573. The summed E-state index contributed by atoms with van der Waals surface area (Å²) in [5, 5.41) is 12.2. The number of methoxy groups -OCH3 is 1. The molecule has 0 aliphatic carbocycles. The van der Waals surface area contributed by atoms with Crippen LogP contribution in [0.2, 0.25) is 0 Å². The summed E-state index contributed by atoms with van der Waals surface area (Å²) >= 11 is 0. The first kappa shape index (κ1) is 21.5. The highest BCUT2D eigenvalue weighted by molar-refractivity contribution is 5.87. The van der Waals surface area contributed by atoms with E-state index in [4.69, 9.17) is 14.2 Å². The van der Waals surface area contributed by atoms with Gasteiger partial charge in [-0.2, -0.15) is 0 Å². The van der Waals surface area contributed by atoms with Gasteiger partial charge in [0.1, 0.15) is 24.8 Å². The number of piperidine rings is 1. The van der Waals surface area contributed by atoms with Crippen LogP contribution in [0.3, 0.4) is 0 Å². The van der Waals surface area contributed by atoms with E-state index < -0.39 is 6.10 Å². The molecular formula is C25H28N4O4. The number of hydrogen-bond acceptors (Lipinski definition) is 7. The highest BCUT2D eigenvalue weighted by Crippen LogP contribution is 2.36. The first-order chi connectivity index (χ1) is 16.2. The molecule has 5 rings (SSSR count). The summed E-state index contributed by atoms with van der Waals surface area (Å²) in [6.45, 7) is 2.87. The minimum Gasteiger partial charge on any atom is -0.493 e. The fourth-order valence-corrected chi connectivity index (χ4v) is 4.28. The van der Waals surface area contributed by atoms with E-state index in [0.29, 0.717) is 40.6 Å². The second-order valence-corrected chi connectivity index (χ2v) is 8.35. The summed E-state index contributed by atoms with van der Waals surface area (Å²) in [7, 11) is 1.59. The van der Waals surface area contributed by atoms with E-state index in [1.54, 1.807) is 13.2 Å². The molecular weight excluding hydrogens is 420 g/mol. The number of benzene rings is 2. The van der Waals surface area contributed by atoms with E-state index in [0.717, 1.165) is 24.0 Å². The van der Waals surface area contributed by atoms with Crippen molar-refractivity contribution >= 4 is 21.8 Å². The number of hydrogen-bond donors (Lipinski definition) is 2. The van der Waals surface area contributed by atoms with Crippen molar-refractivity contribution in [1.29, 1.82) is 0 Å². The number of rotatable bonds is 8.